The van der Waals surface area contributed by atoms with Crippen LogP contribution in [0.5, 0.6) is 0 Å². The highest BCUT2D eigenvalue weighted by atomic mass is 32.2. The smallest absolute Gasteiger partial charge is 0.277 e. The molecule has 110 valence electrons. The van der Waals surface area contributed by atoms with Crippen LogP contribution in [0.15, 0.2) is 0 Å². The fourth-order valence-corrected chi connectivity index (χ4v) is 4.88. The van der Waals surface area contributed by atoms with E-state index in [9.17, 15) is 22.8 Å². The van der Waals surface area contributed by atoms with Gasteiger partial charge in [0.05, 0.1) is 17.5 Å². The number of nitrogens with one attached hydrogen (secondary N) is 1. The van der Waals surface area contributed by atoms with E-state index in [1.165, 1.54) is 0 Å². The van der Waals surface area contributed by atoms with Gasteiger partial charge in [0.15, 0.2) is 9.84 Å². The lowest BCUT2D eigenvalue weighted by Gasteiger charge is -2.47. The summed E-state index contributed by atoms with van der Waals surface area (Å²) in [4.78, 5) is 37.3. The molecule has 0 aromatic rings. The lowest BCUT2D eigenvalue weighted by Crippen LogP contribution is -2.69. The standard InChI is InChI=1S/C12H16N2O5S/c15-9-12(4-2-5-12)10(16)14(11(17)13-9)8-3-1-6-20(18,19)7-8/h8H,1-7H2,(H,13,15,17). The minimum atomic E-state index is -3.23. The van der Waals surface area contributed by atoms with Gasteiger partial charge in [-0.1, -0.05) is 6.42 Å². The number of imide groups is 2. The monoisotopic (exact) mass is 300 g/mol. The lowest BCUT2D eigenvalue weighted by atomic mass is 9.66. The first-order valence-corrected chi connectivity index (χ1v) is 8.57. The number of hydrogen-bond donors (Lipinski definition) is 1. The van der Waals surface area contributed by atoms with Crippen molar-refractivity contribution in [2.45, 2.75) is 38.1 Å². The fourth-order valence-electron chi connectivity index (χ4n) is 3.20. The molecule has 0 radical (unpaired) electrons. The van der Waals surface area contributed by atoms with E-state index < -0.39 is 39.1 Å². The van der Waals surface area contributed by atoms with Crippen LogP contribution in [0.2, 0.25) is 0 Å². The Morgan fingerprint density at radius 2 is 1.85 bits per heavy atom. The second-order valence-electron chi connectivity index (χ2n) is 5.78. The van der Waals surface area contributed by atoms with E-state index in [0.717, 1.165) is 11.3 Å². The Labute approximate surface area is 116 Å². The van der Waals surface area contributed by atoms with Crippen molar-refractivity contribution in [1.82, 2.24) is 10.2 Å². The Bertz CT molecular complexity index is 593. The van der Waals surface area contributed by atoms with E-state index >= 15 is 0 Å². The first-order chi connectivity index (χ1) is 9.36. The molecule has 1 spiro atoms. The van der Waals surface area contributed by atoms with Crippen molar-refractivity contribution in [2.75, 3.05) is 11.5 Å². The topological polar surface area (TPSA) is 101 Å². The molecule has 1 aliphatic carbocycles. The van der Waals surface area contributed by atoms with E-state index in [1.54, 1.807) is 0 Å². The van der Waals surface area contributed by atoms with Gasteiger partial charge in [-0.05, 0) is 25.7 Å². The Hall–Kier alpha value is -1.44. The highest BCUT2D eigenvalue weighted by Gasteiger charge is 2.58. The third kappa shape index (κ3) is 1.85. The molecule has 3 aliphatic rings. The zero-order valence-corrected chi connectivity index (χ0v) is 11.7. The number of carbonyl (C=O) groups excluding carboxylic acids is 3. The molecule has 0 aromatic heterocycles. The van der Waals surface area contributed by atoms with Gasteiger partial charge in [0, 0.05) is 0 Å². The molecular formula is C12H16N2O5S. The molecule has 2 aliphatic heterocycles. The average molecular weight is 300 g/mol. The summed E-state index contributed by atoms with van der Waals surface area (Å²) in [5, 5.41) is 2.21. The maximum atomic E-state index is 12.5. The van der Waals surface area contributed by atoms with E-state index in [1.807, 2.05) is 0 Å². The Balaban J connectivity index is 1.90. The Kier molecular flexibility index (Phi) is 2.89. The maximum Gasteiger partial charge on any atom is 0.331 e. The Morgan fingerprint density at radius 3 is 2.40 bits per heavy atom. The lowest BCUT2D eigenvalue weighted by molar-refractivity contribution is -0.159. The summed E-state index contributed by atoms with van der Waals surface area (Å²) in [6, 6.07) is -1.42. The third-order valence-electron chi connectivity index (χ3n) is 4.51. The number of barbiturate groups is 1. The van der Waals surface area contributed by atoms with Crippen LogP contribution in [0.25, 0.3) is 0 Å². The minimum absolute atomic E-state index is 0.0945. The summed E-state index contributed by atoms with van der Waals surface area (Å²) in [7, 11) is -3.23. The second kappa shape index (κ2) is 4.28. The van der Waals surface area contributed by atoms with Crippen LogP contribution >= 0.6 is 0 Å². The van der Waals surface area contributed by atoms with Crippen molar-refractivity contribution in [3.63, 3.8) is 0 Å². The zero-order chi connectivity index (χ0) is 14.5. The molecule has 3 rings (SSSR count). The zero-order valence-electron chi connectivity index (χ0n) is 10.9. The van der Waals surface area contributed by atoms with E-state index in [-0.39, 0.29) is 11.5 Å². The summed E-state index contributed by atoms with van der Waals surface area (Å²) in [6.07, 6.45) is 2.54. The van der Waals surface area contributed by atoms with Crippen LogP contribution < -0.4 is 5.32 Å². The molecule has 1 atom stereocenters. The summed E-state index contributed by atoms with van der Waals surface area (Å²) in [5.41, 5.74) is -1.13. The van der Waals surface area contributed by atoms with E-state index in [2.05, 4.69) is 5.32 Å². The van der Waals surface area contributed by atoms with Crippen LogP contribution in [0.3, 0.4) is 0 Å². The van der Waals surface area contributed by atoms with Crippen molar-refractivity contribution in [3.05, 3.63) is 0 Å². The number of carbonyl (C=O) groups is 3. The highest BCUT2D eigenvalue weighted by molar-refractivity contribution is 7.91. The van der Waals surface area contributed by atoms with Gasteiger partial charge in [-0.3, -0.25) is 19.8 Å². The summed E-state index contributed by atoms with van der Waals surface area (Å²) in [5.74, 6) is -1.15. The molecule has 2 heterocycles. The fraction of sp³-hybridized carbons (Fsp3) is 0.750. The van der Waals surface area contributed by atoms with Crippen molar-refractivity contribution < 1.29 is 22.8 Å². The molecule has 0 aromatic carbocycles. The van der Waals surface area contributed by atoms with Gasteiger partial charge in [-0.25, -0.2) is 13.2 Å². The van der Waals surface area contributed by atoms with Gasteiger partial charge in [-0.2, -0.15) is 0 Å². The first-order valence-electron chi connectivity index (χ1n) is 6.75. The molecule has 8 heteroatoms. The number of urea groups is 1. The van der Waals surface area contributed by atoms with E-state index in [4.69, 9.17) is 0 Å². The van der Waals surface area contributed by atoms with Crippen molar-refractivity contribution >= 4 is 27.7 Å². The Morgan fingerprint density at radius 1 is 1.15 bits per heavy atom. The highest BCUT2D eigenvalue weighted by Crippen LogP contribution is 2.45. The molecule has 2 saturated heterocycles. The van der Waals surface area contributed by atoms with Crippen molar-refractivity contribution in [2.24, 2.45) is 5.41 Å². The molecule has 1 saturated carbocycles. The average Bonchev–Trinajstić information content (AvgIpc) is 2.24. The van der Waals surface area contributed by atoms with Crippen LogP contribution in [0.4, 0.5) is 4.79 Å². The van der Waals surface area contributed by atoms with Crippen LogP contribution in [-0.2, 0) is 19.4 Å². The van der Waals surface area contributed by atoms with Gasteiger partial charge in [0.25, 0.3) is 0 Å². The number of amides is 4. The normalized spacial score (nSPS) is 31.9. The number of sulfone groups is 1. The quantitative estimate of drug-likeness (QED) is 0.677. The minimum Gasteiger partial charge on any atom is -0.277 e. The third-order valence-corrected chi connectivity index (χ3v) is 6.32. The largest absolute Gasteiger partial charge is 0.331 e. The molecule has 7 nitrogen and oxygen atoms in total. The molecule has 3 fully saturated rings. The molecule has 1 unspecified atom stereocenters. The van der Waals surface area contributed by atoms with Crippen molar-refractivity contribution in [1.29, 1.82) is 0 Å². The number of nitrogens with zero attached hydrogens (tertiary/aromatic N) is 1. The molecule has 20 heavy (non-hydrogen) atoms. The first kappa shape index (κ1) is 13.5. The van der Waals surface area contributed by atoms with E-state index in [0.29, 0.717) is 25.7 Å². The molecule has 4 amide bonds. The predicted molar refractivity (Wildman–Crippen MR) is 68.3 cm³/mol. The summed E-state index contributed by atoms with van der Waals surface area (Å²) < 4.78 is 23.4. The predicted octanol–water partition coefficient (Wildman–Crippen LogP) is -0.188. The number of hydrogen-bond acceptors (Lipinski definition) is 5. The van der Waals surface area contributed by atoms with Crippen LogP contribution in [0.1, 0.15) is 32.1 Å². The molecule has 1 N–H and O–H groups in total. The maximum absolute atomic E-state index is 12.5. The van der Waals surface area contributed by atoms with Gasteiger partial charge in [0.2, 0.25) is 11.8 Å². The molecule has 0 bridgehead atoms. The van der Waals surface area contributed by atoms with Gasteiger partial charge >= 0.3 is 6.03 Å². The summed E-state index contributed by atoms with van der Waals surface area (Å²) >= 11 is 0. The van der Waals surface area contributed by atoms with Gasteiger partial charge in [-0.15, -0.1) is 0 Å². The number of rotatable bonds is 1. The van der Waals surface area contributed by atoms with Gasteiger partial charge < -0.3 is 0 Å². The second-order valence-corrected chi connectivity index (χ2v) is 8.01. The molecular weight excluding hydrogens is 284 g/mol. The van der Waals surface area contributed by atoms with Crippen molar-refractivity contribution in [3.8, 4) is 0 Å². The van der Waals surface area contributed by atoms with Crippen LogP contribution in [0, 0.1) is 5.41 Å². The summed E-state index contributed by atoms with van der Waals surface area (Å²) in [6.45, 7) is 0. The van der Waals surface area contributed by atoms with Crippen LogP contribution in [-0.4, -0.2) is 48.7 Å². The SMILES string of the molecule is O=C1NC(=O)C2(CCC2)C(=O)N1C1CCCS(=O)(=O)C1. The van der Waals surface area contributed by atoms with Gasteiger partial charge in [0.1, 0.15) is 5.41 Å².